The monoisotopic (exact) mass is 366 g/mol. The predicted molar refractivity (Wildman–Crippen MR) is 85.6 cm³/mol. The molecule has 0 radical (unpaired) electrons. The van der Waals surface area contributed by atoms with Crippen LogP contribution in [0.2, 0.25) is 0 Å². The zero-order valence-corrected chi connectivity index (χ0v) is 14.3. The molecule has 0 aliphatic carbocycles. The van der Waals surface area contributed by atoms with Crippen LogP contribution in [0.3, 0.4) is 0 Å². The maximum absolute atomic E-state index is 13.4. The Kier molecular flexibility index (Phi) is 6.94. The standard InChI is InChI=1S/C14H19FN2O4S.ClH/c1-21-14(18)12-8-10(15)5-6-13(12)22(19,20)17-7-3-2-4-11(17)9-16;/h5-6,8,11H,2-4,7,9,16H2,1H3;1H. The third kappa shape index (κ3) is 4.00. The highest BCUT2D eigenvalue weighted by Crippen LogP contribution is 2.27. The number of methoxy groups -OCH3 is 1. The lowest BCUT2D eigenvalue weighted by Crippen LogP contribution is -2.47. The van der Waals surface area contributed by atoms with Crippen LogP contribution in [0.5, 0.6) is 0 Å². The summed E-state index contributed by atoms with van der Waals surface area (Å²) in [5, 5.41) is 0. The topological polar surface area (TPSA) is 89.7 Å². The summed E-state index contributed by atoms with van der Waals surface area (Å²) in [4.78, 5) is 11.5. The predicted octanol–water partition coefficient (Wildman–Crippen LogP) is 1.54. The Balaban J connectivity index is 0.00000264. The van der Waals surface area contributed by atoms with Crippen LogP contribution < -0.4 is 5.73 Å². The number of ether oxygens (including phenoxy) is 1. The van der Waals surface area contributed by atoms with Gasteiger partial charge in [0, 0.05) is 19.1 Å². The van der Waals surface area contributed by atoms with Crippen LogP contribution in [0.15, 0.2) is 23.1 Å². The molecule has 1 aliphatic heterocycles. The normalized spacial score (nSPS) is 19.0. The smallest absolute Gasteiger partial charge is 0.339 e. The van der Waals surface area contributed by atoms with Crippen molar-refractivity contribution in [2.75, 3.05) is 20.2 Å². The Hall–Kier alpha value is -1.22. The van der Waals surface area contributed by atoms with Gasteiger partial charge in [-0.25, -0.2) is 17.6 Å². The summed E-state index contributed by atoms with van der Waals surface area (Å²) in [6.07, 6.45) is 2.30. The largest absolute Gasteiger partial charge is 0.465 e. The molecule has 0 spiro atoms. The Labute approximate surface area is 141 Å². The minimum Gasteiger partial charge on any atom is -0.465 e. The molecule has 6 nitrogen and oxygen atoms in total. The van der Waals surface area contributed by atoms with Crippen LogP contribution in [0.1, 0.15) is 29.6 Å². The van der Waals surface area contributed by atoms with E-state index in [4.69, 9.17) is 5.73 Å². The van der Waals surface area contributed by atoms with Crippen molar-refractivity contribution in [3.63, 3.8) is 0 Å². The molecule has 0 amide bonds. The molecule has 23 heavy (non-hydrogen) atoms. The van der Waals surface area contributed by atoms with Crippen molar-refractivity contribution in [3.05, 3.63) is 29.6 Å². The van der Waals surface area contributed by atoms with Gasteiger partial charge in [-0.3, -0.25) is 0 Å². The summed E-state index contributed by atoms with van der Waals surface area (Å²) in [5.41, 5.74) is 5.36. The number of nitrogens with two attached hydrogens (primary N) is 1. The lowest BCUT2D eigenvalue weighted by atomic mass is 10.1. The molecule has 2 N–H and O–H groups in total. The van der Waals surface area contributed by atoms with Crippen LogP contribution in [0.25, 0.3) is 0 Å². The summed E-state index contributed by atoms with van der Waals surface area (Å²) >= 11 is 0. The average molecular weight is 367 g/mol. The van der Waals surface area contributed by atoms with Gasteiger partial charge < -0.3 is 10.5 Å². The van der Waals surface area contributed by atoms with E-state index in [1.54, 1.807) is 0 Å². The van der Waals surface area contributed by atoms with E-state index < -0.39 is 21.8 Å². The molecule has 0 saturated carbocycles. The van der Waals surface area contributed by atoms with Crippen molar-refractivity contribution in [3.8, 4) is 0 Å². The number of carbonyl (C=O) groups excluding carboxylic acids is 1. The molecule has 9 heteroatoms. The summed E-state index contributed by atoms with van der Waals surface area (Å²) in [6.45, 7) is 0.538. The highest BCUT2D eigenvalue weighted by molar-refractivity contribution is 7.89. The van der Waals surface area contributed by atoms with E-state index in [9.17, 15) is 17.6 Å². The van der Waals surface area contributed by atoms with Crippen molar-refractivity contribution in [1.29, 1.82) is 0 Å². The molecule has 2 rings (SSSR count). The molecule has 1 aromatic carbocycles. The molecule has 1 atom stereocenters. The number of hydrogen-bond acceptors (Lipinski definition) is 5. The van der Waals surface area contributed by atoms with Crippen LogP contribution >= 0.6 is 12.4 Å². The second kappa shape index (κ2) is 8.05. The van der Waals surface area contributed by atoms with Crippen molar-refractivity contribution < 1.29 is 22.3 Å². The number of benzene rings is 1. The minimum absolute atomic E-state index is 0. The molecule has 130 valence electrons. The minimum atomic E-state index is -3.94. The van der Waals surface area contributed by atoms with Crippen LogP contribution in [-0.2, 0) is 14.8 Å². The number of rotatable bonds is 4. The van der Waals surface area contributed by atoms with Crippen molar-refractivity contribution in [2.24, 2.45) is 5.73 Å². The molecule has 0 aromatic heterocycles. The quantitative estimate of drug-likeness (QED) is 0.816. The third-order valence-electron chi connectivity index (χ3n) is 3.78. The van der Waals surface area contributed by atoms with E-state index in [-0.39, 0.29) is 35.5 Å². The van der Waals surface area contributed by atoms with Gasteiger partial charge >= 0.3 is 5.97 Å². The highest BCUT2D eigenvalue weighted by atomic mass is 35.5. The van der Waals surface area contributed by atoms with Crippen molar-refractivity contribution >= 4 is 28.4 Å². The summed E-state index contributed by atoms with van der Waals surface area (Å²) in [7, 11) is -2.82. The van der Waals surface area contributed by atoms with E-state index in [1.165, 1.54) is 4.31 Å². The van der Waals surface area contributed by atoms with E-state index in [2.05, 4.69) is 4.74 Å². The first-order valence-corrected chi connectivity index (χ1v) is 8.45. The number of esters is 1. The average Bonchev–Trinajstić information content (AvgIpc) is 2.53. The molecule has 1 heterocycles. The first-order chi connectivity index (χ1) is 10.4. The molecule has 0 bridgehead atoms. The summed E-state index contributed by atoms with van der Waals surface area (Å²) in [6, 6.07) is 2.68. The molecule has 1 aromatic rings. The Morgan fingerprint density at radius 1 is 1.43 bits per heavy atom. The summed E-state index contributed by atoms with van der Waals surface area (Å²) in [5.74, 6) is -1.59. The van der Waals surface area contributed by atoms with Gasteiger partial charge in [0.2, 0.25) is 10.0 Å². The van der Waals surface area contributed by atoms with Gasteiger partial charge in [-0.15, -0.1) is 12.4 Å². The number of hydrogen-bond donors (Lipinski definition) is 1. The van der Waals surface area contributed by atoms with Gasteiger partial charge in [0.05, 0.1) is 17.6 Å². The lowest BCUT2D eigenvalue weighted by Gasteiger charge is -2.34. The van der Waals surface area contributed by atoms with Crippen molar-refractivity contribution in [2.45, 2.75) is 30.2 Å². The van der Waals surface area contributed by atoms with Crippen LogP contribution in [0, 0.1) is 5.82 Å². The molecule has 1 aliphatic rings. The first-order valence-electron chi connectivity index (χ1n) is 7.01. The molecule has 1 unspecified atom stereocenters. The number of piperidine rings is 1. The molecule has 1 fully saturated rings. The number of sulfonamides is 1. The number of nitrogens with zero attached hydrogens (tertiary/aromatic N) is 1. The molecular formula is C14H20ClFN2O4S. The Morgan fingerprint density at radius 2 is 2.13 bits per heavy atom. The van der Waals surface area contributed by atoms with Gasteiger partial charge in [-0.05, 0) is 31.0 Å². The van der Waals surface area contributed by atoms with E-state index in [0.717, 1.165) is 38.2 Å². The SMILES string of the molecule is COC(=O)c1cc(F)ccc1S(=O)(=O)N1CCCCC1CN.Cl. The maximum atomic E-state index is 13.4. The van der Waals surface area contributed by atoms with Gasteiger partial charge in [-0.2, -0.15) is 4.31 Å². The van der Waals surface area contributed by atoms with E-state index >= 15 is 0 Å². The summed E-state index contributed by atoms with van der Waals surface area (Å²) < 4.78 is 44.9. The van der Waals surface area contributed by atoms with Crippen LogP contribution in [-0.4, -0.2) is 44.9 Å². The van der Waals surface area contributed by atoms with Crippen molar-refractivity contribution in [1.82, 2.24) is 4.31 Å². The van der Waals surface area contributed by atoms with Crippen LogP contribution in [0.4, 0.5) is 4.39 Å². The van der Waals surface area contributed by atoms with E-state index in [1.807, 2.05) is 0 Å². The second-order valence-corrected chi connectivity index (χ2v) is 6.99. The zero-order chi connectivity index (χ0) is 16.3. The van der Waals surface area contributed by atoms with E-state index in [0.29, 0.717) is 13.0 Å². The Bertz CT molecular complexity index is 669. The number of halogens is 2. The third-order valence-corrected chi connectivity index (χ3v) is 5.79. The lowest BCUT2D eigenvalue weighted by molar-refractivity contribution is 0.0595. The maximum Gasteiger partial charge on any atom is 0.339 e. The molecule has 1 saturated heterocycles. The fourth-order valence-electron chi connectivity index (χ4n) is 2.65. The van der Waals surface area contributed by atoms with Gasteiger partial charge in [-0.1, -0.05) is 6.42 Å². The second-order valence-electron chi connectivity index (χ2n) is 5.13. The first kappa shape index (κ1) is 19.8. The van der Waals surface area contributed by atoms with Gasteiger partial charge in [0.1, 0.15) is 5.82 Å². The van der Waals surface area contributed by atoms with Gasteiger partial charge in [0.25, 0.3) is 0 Å². The fraction of sp³-hybridized carbons (Fsp3) is 0.500. The Morgan fingerprint density at radius 3 is 2.74 bits per heavy atom. The zero-order valence-electron chi connectivity index (χ0n) is 12.7. The highest BCUT2D eigenvalue weighted by Gasteiger charge is 2.35. The number of carbonyl (C=O) groups is 1. The molecular weight excluding hydrogens is 347 g/mol. The van der Waals surface area contributed by atoms with Gasteiger partial charge in [0.15, 0.2) is 0 Å². The fourth-order valence-corrected chi connectivity index (χ4v) is 4.52.